The van der Waals surface area contributed by atoms with Gasteiger partial charge in [-0.15, -0.1) is 10.2 Å². The number of rotatable bonds is 5. The second-order valence-electron chi connectivity index (χ2n) is 5.53. The summed E-state index contributed by atoms with van der Waals surface area (Å²) in [5, 5.41) is 32.5. The summed E-state index contributed by atoms with van der Waals surface area (Å²) in [4.78, 5) is 11.9. The molecule has 4 N–H and O–H groups in total. The number of aliphatic hydroxyl groups excluding tert-OH is 2. The Hall–Kier alpha value is -2.14. The number of aromatic nitrogens is 2. The first-order valence-electron chi connectivity index (χ1n) is 7.62. The van der Waals surface area contributed by atoms with Gasteiger partial charge in [0.2, 0.25) is 5.13 Å². The number of benzene rings is 1. The smallest absolute Gasteiger partial charge is 0.321 e. The second-order valence-corrected chi connectivity index (χ2v) is 6.54. The molecule has 0 radical (unpaired) electrons. The summed E-state index contributed by atoms with van der Waals surface area (Å²) in [6.07, 6.45) is -1.55. The largest absolute Gasteiger partial charge is 0.394 e. The van der Waals surface area contributed by atoms with Crippen molar-refractivity contribution in [1.82, 2.24) is 15.5 Å². The van der Waals surface area contributed by atoms with Crippen LogP contribution >= 0.6 is 11.3 Å². The molecular weight excluding hydrogens is 351 g/mol. The summed E-state index contributed by atoms with van der Waals surface area (Å²) in [5.41, 5.74) is 0.636. The zero-order valence-corrected chi connectivity index (χ0v) is 13.9. The number of anilines is 1. The van der Waals surface area contributed by atoms with Crippen molar-refractivity contribution in [3.8, 4) is 0 Å². The number of aliphatic hydroxyl groups is 2. The van der Waals surface area contributed by atoms with Gasteiger partial charge in [-0.3, -0.25) is 5.32 Å². The third kappa shape index (κ3) is 4.48. The van der Waals surface area contributed by atoms with Gasteiger partial charge in [-0.1, -0.05) is 23.5 Å². The molecule has 2 aromatic rings. The van der Waals surface area contributed by atoms with Gasteiger partial charge in [-0.25, -0.2) is 9.18 Å². The summed E-state index contributed by atoms with van der Waals surface area (Å²) in [6.45, 7) is -0.102. The third-order valence-corrected chi connectivity index (χ3v) is 4.61. The van der Waals surface area contributed by atoms with Crippen LogP contribution < -0.4 is 10.6 Å². The molecule has 1 saturated heterocycles. The molecule has 0 unspecified atom stereocenters. The Morgan fingerprint density at radius 2 is 2.28 bits per heavy atom. The highest BCUT2D eigenvalue weighted by Crippen LogP contribution is 2.35. The molecule has 1 aliphatic heterocycles. The van der Waals surface area contributed by atoms with Crippen molar-refractivity contribution in [2.45, 2.75) is 31.3 Å². The number of ether oxygens (including phenoxy) is 1. The van der Waals surface area contributed by atoms with E-state index in [0.717, 1.165) is 11.3 Å². The normalized spacial score (nSPS) is 22.8. The van der Waals surface area contributed by atoms with Crippen LogP contribution in [0.15, 0.2) is 24.3 Å². The topological polar surface area (TPSA) is 117 Å². The molecule has 1 aromatic carbocycles. The fourth-order valence-corrected chi connectivity index (χ4v) is 3.23. The van der Waals surface area contributed by atoms with Crippen LogP contribution in [0.3, 0.4) is 0 Å². The Morgan fingerprint density at radius 3 is 3.00 bits per heavy atom. The van der Waals surface area contributed by atoms with Gasteiger partial charge in [0.1, 0.15) is 23.0 Å². The number of halogens is 1. The number of urea groups is 1. The van der Waals surface area contributed by atoms with E-state index >= 15 is 0 Å². The Labute approximate surface area is 146 Å². The Bertz CT molecular complexity index is 744. The molecule has 0 bridgehead atoms. The molecule has 3 rings (SSSR count). The first-order valence-corrected chi connectivity index (χ1v) is 8.44. The van der Waals surface area contributed by atoms with Crippen LogP contribution in [0, 0.1) is 5.82 Å². The Morgan fingerprint density at radius 1 is 1.44 bits per heavy atom. The van der Waals surface area contributed by atoms with E-state index in [9.17, 15) is 14.3 Å². The van der Waals surface area contributed by atoms with Crippen molar-refractivity contribution in [2.75, 3.05) is 11.9 Å². The molecule has 0 spiro atoms. The van der Waals surface area contributed by atoms with Crippen LogP contribution in [-0.4, -0.2) is 45.3 Å². The average molecular weight is 368 g/mol. The summed E-state index contributed by atoms with van der Waals surface area (Å²) in [7, 11) is 0. The van der Waals surface area contributed by atoms with E-state index in [2.05, 4.69) is 20.8 Å². The minimum Gasteiger partial charge on any atom is -0.394 e. The van der Waals surface area contributed by atoms with Crippen LogP contribution in [0.4, 0.5) is 14.3 Å². The van der Waals surface area contributed by atoms with Crippen molar-refractivity contribution in [1.29, 1.82) is 0 Å². The van der Waals surface area contributed by atoms with Gasteiger partial charge in [0, 0.05) is 13.0 Å². The van der Waals surface area contributed by atoms with E-state index in [0.29, 0.717) is 17.0 Å². The molecule has 2 amide bonds. The molecule has 2 heterocycles. The maximum absolute atomic E-state index is 13.1. The standard InChI is InChI=1S/C15H17FN4O4S/c16-9-3-1-2-8(4-9)6-17-14(23)18-15-20-19-13(25-15)11-5-10(22)12(7-21)24-11/h1-4,10-12,21-22H,5-7H2,(H2,17,18,20,23)/t10-,11+,12+/m0/s1. The molecule has 3 atom stereocenters. The molecule has 10 heteroatoms. The summed E-state index contributed by atoms with van der Waals surface area (Å²) >= 11 is 1.13. The SMILES string of the molecule is O=C(NCc1cccc(F)c1)Nc1nnc([C@H]2C[C@H](O)[C@@H](CO)O2)s1. The van der Waals surface area contributed by atoms with Crippen molar-refractivity contribution in [2.24, 2.45) is 0 Å². The number of carbonyl (C=O) groups excluding carboxylic acids is 1. The molecule has 8 nitrogen and oxygen atoms in total. The zero-order valence-electron chi connectivity index (χ0n) is 13.1. The lowest BCUT2D eigenvalue weighted by atomic mass is 10.1. The number of hydrogen-bond donors (Lipinski definition) is 4. The first kappa shape index (κ1) is 17.7. The van der Waals surface area contributed by atoms with Crippen LogP contribution in [-0.2, 0) is 11.3 Å². The van der Waals surface area contributed by atoms with Crippen LogP contribution in [0.2, 0.25) is 0 Å². The zero-order chi connectivity index (χ0) is 17.8. The summed E-state index contributed by atoms with van der Waals surface area (Å²) in [5.74, 6) is -0.367. The predicted octanol–water partition coefficient (Wildman–Crippen LogP) is 1.18. The van der Waals surface area contributed by atoms with Crippen molar-refractivity contribution in [3.63, 3.8) is 0 Å². The number of carbonyl (C=O) groups is 1. The van der Waals surface area contributed by atoms with Crippen LogP contribution in [0.25, 0.3) is 0 Å². The maximum atomic E-state index is 13.1. The third-order valence-electron chi connectivity index (χ3n) is 3.68. The molecule has 134 valence electrons. The monoisotopic (exact) mass is 368 g/mol. The van der Waals surface area contributed by atoms with Gasteiger partial charge in [-0.05, 0) is 17.7 Å². The van der Waals surface area contributed by atoms with E-state index in [4.69, 9.17) is 9.84 Å². The van der Waals surface area contributed by atoms with Gasteiger partial charge in [0.25, 0.3) is 0 Å². The fraction of sp³-hybridized carbons (Fsp3) is 0.400. The second kappa shape index (κ2) is 7.83. The number of nitrogens with one attached hydrogen (secondary N) is 2. The van der Waals surface area contributed by atoms with Gasteiger partial charge < -0.3 is 20.3 Å². The number of nitrogens with zero attached hydrogens (tertiary/aromatic N) is 2. The van der Waals surface area contributed by atoms with Crippen molar-refractivity contribution >= 4 is 22.5 Å². The Kier molecular flexibility index (Phi) is 5.53. The van der Waals surface area contributed by atoms with Gasteiger partial charge in [-0.2, -0.15) is 0 Å². The van der Waals surface area contributed by atoms with Crippen LogP contribution in [0.1, 0.15) is 23.1 Å². The minimum atomic E-state index is -0.759. The lowest BCUT2D eigenvalue weighted by molar-refractivity contribution is -0.0227. The quantitative estimate of drug-likeness (QED) is 0.630. The summed E-state index contributed by atoms with van der Waals surface area (Å²) in [6, 6.07) is 5.44. The van der Waals surface area contributed by atoms with Gasteiger partial charge in [0.15, 0.2) is 0 Å². The van der Waals surface area contributed by atoms with E-state index in [-0.39, 0.29) is 24.1 Å². The minimum absolute atomic E-state index is 0.172. The highest BCUT2D eigenvalue weighted by molar-refractivity contribution is 7.15. The maximum Gasteiger partial charge on any atom is 0.321 e. The Balaban J connectivity index is 1.52. The highest BCUT2D eigenvalue weighted by Gasteiger charge is 2.36. The predicted molar refractivity (Wildman–Crippen MR) is 87.5 cm³/mol. The lowest BCUT2D eigenvalue weighted by Crippen LogP contribution is -2.28. The van der Waals surface area contributed by atoms with E-state index in [1.54, 1.807) is 12.1 Å². The van der Waals surface area contributed by atoms with Crippen molar-refractivity contribution in [3.05, 3.63) is 40.7 Å². The summed E-state index contributed by atoms with van der Waals surface area (Å²) < 4.78 is 18.6. The molecule has 1 fully saturated rings. The first-order chi connectivity index (χ1) is 12.0. The molecule has 1 aromatic heterocycles. The van der Waals surface area contributed by atoms with E-state index in [1.165, 1.54) is 12.1 Å². The van der Waals surface area contributed by atoms with E-state index < -0.39 is 24.3 Å². The molecular formula is C15H17FN4O4S. The fourth-order valence-electron chi connectivity index (χ4n) is 2.44. The van der Waals surface area contributed by atoms with Crippen molar-refractivity contribution < 1.29 is 24.1 Å². The van der Waals surface area contributed by atoms with E-state index in [1.807, 2.05) is 0 Å². The van der Waals surface area contributed by atoms with Crippen LogP contribution in [0.5, 0.6) is 0 Å². The average Bonchev–Trinajstić information content (AvgIpc) is 3.19. The molecule has 1 aliphatic rings. The molecule has 0 aliphatic carbocycles. The van der Waals surface area contributed by atoms with Gasteiger partial charge >= 0.3 is 6.03 Å². The molecule has 0 saturated carbocycles. The number of amides is 2. The van der Waals surface area contributed by atoms with Gasteiger partial charge in [0.05, 0.1) is 12.7 Å². The molecule has 25 heavy (non-hydrogen) atoms. The lowest BCUT2D eigenvalue weighted by Gasteiger charge is -2.09. The number of hydrogen-bond acceptors (Lipinski definition) is 7. The highest BCUT2D eigenvalue weighted by atomic mass is 32.1.